The Hall–Kier alpha value is -3.08. The molecule has 1 aliphatic rings. The van der Waals surface area contributed by atoms with Crippen molar-refractivity contribution in [3.05, 3.63) is 65.2 Å². The summed E-state index contributed by atoms with van der Waals surface area (Å²) >= 11 is 0. The van der Waals surface area contributed by atoms with E-state index in [1.165, 1.54) is 18.2 Å². The molecular formula is C25H29NO4. The minimum absolute atomic E-state index is 0.0985. The summed E-state index contributed by atoms with van der Waals surface area (Å²) in [6.07, 6.45) is 3.77. The number of hydrogen-bond acceptors (Lipinski definition) is 4. The third kappa shape index (κ3) is 4.90. The van der Waals surface area contributed by atoms with Gasteiger partial charge >= 0.3 is 6.09 Å². The van der Waals surface area contributed by atoms with Gasteiger partial charge in [-0.05, 0) is 86.2 Å². The summed E-state index contributed by atoms with van der Waals surface area (Å²) in [6.45, 7) is 10.5. The number of hydrogen-bond donors (Lipinski definition) is 1. The lowest BCUT2D eigenvalue weighted by Gasteiger charge is -2.39. The molecule has 0 unspecified atom stereocenters. The molecule has 1 aliphatic heterocycles. The predicted octanol–water partition coefficient (Wildman–Crippen LogP) is 5.71. The highest BCUT2D eigenvalue weighted by Crippen LogP contribution is 2.40. The number of phenolic OH excluding ortho intramolecular Hbond substituents is 1. The Morgan fingerprint density at radius 1 is 1.10 bits per heavy atom. The van der Waals surface area contributed by atoms with Crippen LogP contribution in [0, 0.1) is 0 Å². The van der Waals surface area contributed by atoms with E-state index >= 15 is 0 Å². The Kier molecular flexibility index (Phi) is 5.75. The molecule has 1 N–H and O–H groups in total. The van der Waals surface area contributed by atoms with Gasteiger partial charge in [-0.15, -0.1) is 0 Å². The highest BCUT2D eigenvalue weighted by Gasteiger charge is 2.35. The van der Waals surface area contributed by atoms with Crippen molar-refractivity contribution in [2.24, 2.45) is 0 Å². The molecule has 2 aromatic rings. The Bertz CT molecular complexity index is 981. The highest BCUT2D eigenvalue weighted by molar-refractivity contribution is 6.06. The number of anilines is 1. The standard InChI is InChI=1S/C25H29NO4/c1-24(2,3)30-23(29)26-15-14-25(4,5)20-16-17(6-12-21(20)26)7-13-22(28)18-8-10-19(27)11-9-18/h6-13,16,27H,14-15H2,1-5H3/b13-7+. The second kappa shape index (κ2) is 7.98. The van der Waals surface area contributed by atoms with Crippen LogP contribution in [0.4, 0.5) is 10.5 Å². The summed E-state index contributed by atoms with van der Waals surface area (Å²) in [5.41, 5.74) is 2.65. The second-order valence-corrected chi connectivity index (χ2v) is 9.29. The van der Waals surface area contributed by atoms with E-state index < -0.39 is 5.60 Å². The number of phenols is 1. The van der Waals surface area contributed by atoms with Gasteiger partial charge in [0, 0.05) is 12.1 Å². The maximum atomic E-state index is 12.7. The molecule has 30 heavy (non-hydrogen) atoms. The average molecular weight is 408 g/mol. The monoisotopic (exact) mass is 407 g/mol. The summed E-state index contributed by atoms with van der Waals surface area (Å²) < 4.78 is 5.58. The Morgan fingerprint density at radius 2 is 1.77 bits per heavy atom. The third-order valence-corrected chi connectivity index (χ3v) is 5.19. The molecule has 0 radical (unpaired) electrons. The number of benzene rings is 2. The van der Waals surface area contributed by atoms with Crippen molar-refractivity contribution in [1.29, 1.82) is 0 Å². The lowest BCUT2D eigenvalue weighted by atomic mass is 9.77. The van der Waals surface area contributed by atoms with Crippen LogP contribution in [-0.2, 0) is 10.2 Å². The topological polar surface area (TPSA) is 66.8 Å². The molecule has 0 aromatic heterocycles. The Labute approximate surface area is 178 Å². The maximum absolute atomic E-state index is 12.7. The molecule has 1 amide bonds. The quantitative estimate of drug-likeness (QED) is 0.523. The van der Waals surface area contributed by atoms with E-state index in [0.717, 1.165) is 23.2 Å². The fourth-order valence-corrected chi connectivity index (χ4v) is 3.48. The van der Waals surface area contributed by atoms with Gasteiger partial charge < -0.3 is 9.84 Å². The van der Waals surface area contributed by atoms with Gasteiger partial charge in [-0.25, -0.2) is 4.79 Å². The van der Waals surface area contributed by atoms with Crippen LogP contribution in [0.1, 0.15) is 62.5 Å². The average Bonchev–Trinajstić information content (AvgIpc) is 2.65. The van der Waals surface area contributed by atoms with E-state index in [1.54, 1.807) is 23.1 Å². The van der Waals surface area contributed by atoms with Crippen molar-refractivity contribution < 1.29 is 19.4 Å². The number of aromatic hydroxyl groups is 1. The van der Waals surface area contributed by atoms with Crippen molar-refractivity contribution in [3.8, 4) is 5.75 Å². The van der Waals surface area contributed by atoms with Gasteiger partial charge in [0.15, 0.2) is 5.78 Å². The molecule has 5 heteroatoms. The summed E-state index contributed by atoms with van der Waals surface area (Å²) in [7, 11) is 0. The zero-order chi connectivity index (χ0) is 22.1. The number of nitrogens with zero attached hydrogens (tertiary/aromatic N) is 1. The first-order valence-electron chi connectivity index (χ1n) is 10.1. The molecule has 3 rings (SSSR count). The first-order valence-corrected chi connectivity index (χ1v) is 10.1. The lowest BCUT2D eigenvalue weighted by molar-refractivity contribution is 0.0574. The van der Waals surface area contributed by atoms with Gasteiger partial charge in [0.05, 0.1) is 5.69 Å². The van der Waals surface area contributed by atoms with E-state index in [-0.39, 0.29) is 23.0 Å². The number of allylic oxidation sites excluding steroid dienone is 1. The molecular weight excluding hydrogens is 378 g/mol. The molecule has 0 bridgehead atoms. The molecule has 0 atom stereocenters. The zero-order valence-electron chi connectivity index (χ0n) is 18.2. The van der Waals surface area contributed by atoms with Crippen molar-refractivity contribution >= 4 is 23.6 Å². The van der Waals surface area contributed by atoms with Gasteiger partial charge in [-0.3, -0.25) is 9.69 Å². The molecule has 2 aromatic carbocycles. The molecule has 1 heterocycles. The first-order chi connectivity index (χ1) is 14.0. The number of carbonyl (C=O) groups is 2. The van der Waals surface area contributed by atoms with Gasteiger partial charge in [0.1, 0.15) is 11.4 Å². The minimum atomic E-state index is -0.554. The highest BCUT2D eigenvalue weighted by atomic mass is 16.6. The number of rotatable bonds is 3. The number of carbonyl (C=O) groups excluding carboxylic acids is 2. The van der Waals surface area contributed by atoms with E-state index in [9.17, 15) is 14.7 Å². The van der Waals surface area contributed by atoms with Gasteiger partial charge in [-0.1, -0.05) is 26.0 Å². The van der Waals surface area contributed by atoms with Crippen molar-refractivity contribution in [2.75, 3.05) is 11.4 Å². The van der Waals surface area contributed by atoms with Crippen LogP contribution in [-0.4, -0.2) is 29.1 Å². The zero-order valence-corrected chi connectivity index (χ0v) is 18.2. The molecule has 5 nitrogen and oxygen atoms in total. The minimum Gasteiger partial charge on any atom is -0.508 e. The van der Waals surface area contributed by atoms with E-state index in [2.05, 4.69) is 13.8 Å². The first kappa shape index (κ1) is 21.6. The number of fused-ring (bicyclic) bond motifs is 1. The molecule has 0 saturated heterocycles. The fraction of sp³-hybridized carbons (Fsp3) is 0.360. The molecule has 0 aliphatic carbocycles. The summed E-state index contributed by atoms with van der Waals surface area (Å²) in [5, 5.41) is 9.36. The smallest absolute Gasteiger partial charge is 0.414 e. The lowest BCUT2D eigenvalue weighted by Crippen LogP contribution is -2.43. The van der Waals surface area contributed by atoms with Crippen molar-refractivity contribution in [3.63, 3.8) is 0 Å². The molecule has 158 valence electrons. The summed E-state index contributed by atoms with van der Waals surface area (Å²) in [6, 6.07) is 12.0. The van der Waals surface area contributed by atoms with Crippen LogP contribution in [0.15, 0.2) is 48.5 Å². The number of ether oxygens (including phenoxy) is 1. The number of amides is 1. The molecule has 0 fully saturated rings. The van der Waals surface area contributed by atoms with Crippen LogP contribution in [0.3, 0.4) is 0 Å². The van der Waals surface area contributed by atoms with Gasteiger partial charge in [0.25, 0.3) is 0 Å². The Morgan fingerprint density at radius 3 is 2.40 bits per heavy atom. The molecule has 0 spiro atoms. The van der Waals surface area contributed by atoms with Gasteiger partial charge in [-0.2, -0.15) is 0 Å². The van der Waals surface area contributed by atoms with E-state index in [1.807, 2.05) is 39.0 Å². The molecule has 0 saturated carbocycles. The predicted molar refractivity (Wildman–Crippen MR) is 119 cm³/mol. The van der Waals surface area contributed by atoms with Crippen LogP contribution in [0.25, 0.3) is 6.08 Å². The van der Waals surface area contributed by atoms with Crippen molar-refractivity contribution in [2.45, 2.75) is 52.1 Å². The summed E-state index contributed by atoms with van der Waals surface area (Å²) in [5.74, 6) is -0.00986. The summed E-state index contributed by atoms with van der Waals surface area (Å²) in [4.78, 5) is 26.8. The van der Waals surface area contributed by atoms with E-state index in [4.69, 9.17) is 4.74 Å². The van der Waals surface area contributed by atoms with Crippen LogP contribution >= 0.6 is 0 Å². The maximum Gasteiger partial charge on any atom is 0.414 e. The number of ketones is 1. The van der Waals surface area contributed by atoms with Crippen LogP contribution in [0.2, 0.25) is 0 Å². The van der Waals surface area contributed by atoms with Gasteiger partial charge in [0.2, 0.25) is 0 Å². The third-order valence-electron chi connectivity index (χ3n) is 5.19. The van der Waals surface area contributed by atoms with E-state index in [0.29, 0.717) is 12.1 Å². The normalized spacial score (nSPS) is 15.7. The second-order valence-electron chi connectivity index (χ2n) is 9.29. The Balaban J connectivity index is 1.87. The fourth-order valence-electron chi connectivity index (χ4n) is 3.48. The SMILES string of the molecule is CC(C)(C)OC(=O)N1CCC(C)(C)c2cc(/C=C/C(=O)c3ccc(O)cc3)ccc21. The van der Waals surface area contributed by atoms with Crippen LogP contribution in [0.5, 0.6) is 5.75 Å². The van der Waals surface area contributed by atoms with Crippen LogP contribution < -0.4 is 4.90 Å². The van der Waals surface area contributed by atoms with Crippen molar-refractivity contribution in [1.82, 2.24) is 0 Å². The largest absolute Gasteiger partial charge is 0.508 e.